The van der Waals surface area contributed by atoms with Gasteiger partial charge in [0.2, 0.25) is 5.91 Å². The van der Waals surface area contributed by atoms with Gasteiger partial charge in [-0.15, -0.1) is 0 Å². The Morgan fingerprint density at radius 3 is 2.39 bits per heavy atom. The molecule has 1 atom stereocenters. The van der Waals surface area contributed by atoms with Crippen LogP contribution in [0.1, 0.15) is 19.7 Å². The van der Waals surface area contributed by atoms with Crippen molar-refractivity contribution in [2.24, 2.45) is 11.7 Å². The van der Waals surface area contributed by atoms with Crippen molar-refractivity contribution in [1.29, 1.82) is 0 Å². The van der Waals surface area contributed by atoms with E-state index in [9.17, 15) is 9.59 Å². The SMILES string of the molecule is CC(C)[C@H](Nc1nc(CNC(=O)Nc2cc(Cl)cc(Cl)c2)nc2ccccc12)C(N)=O. The van der Waals surface area contributed by atoms with Crippen LogP contribution in [0.25, 0.3) is 10.9 Å². The number of nitrogens with two attached hydrogens (primary N) is 1. The molecule has 0 saturated carbocycles. The third-order valence-electron chi connectivity index (χ3n) is 4.44. The van der Waals surface area contributed by atoms with Crippen molar-refractivity contribution in [3.8, 4) is 0 Å². The van der Waals surface area contributed by atoms with E-state index in [1.165, 1.54) is 0 Å². The van der Waals surface area contributed by atoms with Crippen molar-refractivity contribution in [2.75, 3.05) is 10.6 Å². The molecule has 8 nitrogen and oxygen atoms in total. The molecule has 0 saturated heterocycles. The number of benzene rings is 2. The number of aromatic nitrogens is 2. The molecule has 1 aromatic heterocycles. The quantitative estimate of drug-likeness (QED) is 0.421. The number of carbonyl (C=O) groups is 2. The van der Waals surface area contributed by atoms with Crippen LogP contribution in [0.3, 0.4) is 0 Å². The normalized spacial score (nSPS) is 11.9. The monoisotopic (exact) mass is 460 g/mol. The second-order valence-corrected chi connectivity index (χ2v) is 8.11. The summed E-state index contributed by atoms with van der Waals surface area (Å²) in [6.45, 7) is 3.84. The molecule has 31 heavy (non-hydrogen) atoms. The molecule has 0 fully saturated rings. The minimum atomic E-state index is -0.602. The van der Waals surface area contributed by atoms with Gasteiger partial charge in [0.1, 0.15) is 11.9 Å². The fourth-order valence-corrected chi connectivity index (χ4v) is 3.51. The highest BCUT2D eigenvalue weighted by molar-refractivity contribution is 6.35. The summed E-state index contributed by atoms with van der Waals surface area (Å²) < 4.78 is 0. The van der Waals surface area contributed by atoms with Crippen LogP contribution in [0.4, 0.5) is 16.3 Å². The van der Waals surface area contributed by atoms with E-state index >= 15 is 0 Å². The molecule has 0 aliphatic carbocycles. The number of nitrogens with one attached hydrogen (secondary N) is 3. The molecule has 0 aliphatic rings. The van der Waals surface area contributed by atoms with Crippen LogP contribution < -0.4 is 21.7 Å². The van der Waals surface area contributed by atoms with Crippen LogP contribution in [-0.4, -0.2) is 27.9 Å². The zero-order chi connectivity index (χ0) is 22.5. The first-order chi connectivity index (χ1) is 14.7. The molecular weight excluding hydrogens is 439 g/mol. The number of urea groups is 1. The van der Waals surface area contributed by atoms with Gasteiger partial charge in [0.25, 0.3) is 0 Å². The smallest absolute Gasteiger partial charge is 0.319 e. The molecule has 3 rings (SSSR count). The fraction of sp³-hybridized carbons (Fsp3) is 0.238. The van der Waals surface area contributed by atoms with Gasteiger partial charge in [-0.1, -0.05) is 49.2 Å². The zero-order valence-corrected chi connectivity index (χ0v) is 18.5. The Hall–Kier alpha value is -3.10. The van der Waals surface area contributed by atoms with Gasteiger partial charge in [0.15, 0.2) is 5.82 Å². The molecule has 162 valence electrons. The van der Waals surface area contributed by atoms with Gasteiger partial charge in [0.05, 0.1) is 12.1 Å². The summed E-state index contributed by atoms with van der Waals surface area (Å²) in [5.41, 5.74) is 6.66. The van der Waals surface area contributed by atoms with Crippen LogP contribution in [0.15, 0.2) is 42.5 Å². The van der Waals surface area contributed by atoms with Crippen molar-refractivity contribution in [2.45, 2.75) is 26.4 Å². The number of carbonyl (C=O) groups excluding carboxylic acids is 2. The third kappa shape index (κ3) is 5.96. The van der Waals surface area contributed by atoms with Crippen molar-refractivity contribution in [3.63, 3.8) is 0 Å². The van der Waals surface area contributed by atoms with Gasteiger partial charge in [-0.05, 0) is 36.2 Å². The summed E-state index contributed by atoms with van der Waals surface area (Å²) in [5.74, 6) is 0.328. The third-order valence-corrected chi connectivity index (χ3v) is 4.88. The van der Waals surface area contributed by atoms with E-state index in [2.05, 4.69) is 25.9 Å². The minimum absolute atomic E-state index is 0.0388. The van der Waals surface area contributed by atoms with Gasteiger partial charge < -0.3 is 21.7 Å². The summed E-state index contributed by atoms with van der Waals surface area (Å²) >= 11 is 11.9. The lowest BCUT2D eigenvalue weighted by Crippen LogP contribution is -2.40. The highest BCUT2D eigenvalue weighted by atomic mass is 35.5. The van der Waals surface area contributed by atoms with Crippen LogP contribution in [0.2, 0.25) is 10.0 Å². The molecule has 3 aromatic rings. The number of anilines is 2. The zero-order valence-electron chi connectivity index (χ0n) is 16.9. The maximum absolute atomic E-state index is 12.3. The van der Waals surface area contributed by atoms with E-state index in [4.69, 9.17) is 28.9 Å². The maximum Gasteiger partial charge on any atom is 0.319 e. The number of hydrogen-bond acceptors (Lipinski definition) is 5. The Kier molecular flexibility index (Phi) is 7.14. The fourth-order valence-electron chi connectivity index (χ4n) is 2.99. The first-order valence-corrected chi connectivity index (χ1v) is 10.3. The predicted octanol–water partition coefficient (Wildman–Crippen LogP) is 4.18. The van der Waals surface area contributed by atoms with E-state index in [-0.39, 0.29) is 12.5 Å². The molecular formula is C21H22Cl2N6O2. The van der Waals surface area contributed by atoms with Crippen LogP contribution in [-0.2, 0) is 11.3 Å². The number of hydrogen-bond donors (Lipinski definition) is 4. The molecule has 3 amide bonds. The highest BCUT2D eigenvalue weighted by Gasteiger charge is 2.21. The molecule has 0 unspecified atom stereocenters. The van der Waals surface area contributed by atoms with E-state index in [1.54, 1.807) is 18.2 Å². The van der Waals surface area contributed by atoms with Crippen molar-refractivity contribution in [1.82, 2.24) is 15.3 Å². The largest absolute Gasteiger partial charge is 0.368 e. The van der Waals surface area contributed by atoms with Gasteiger partial charge in [0, 0.05) is 21.1 Å². The first kappa shape index (κ1) is 22.6. The molecule has 1 heterocycles. The number of amides is 3. The van der Waals surface area contributed by atoms with E-state index < -0.39 is 18.0 Å². The summed E-state index contributed by atoms with van der Waals surface area (Å²) in [7, 11) is 0. The number of fused-ring (bicyclic) bond motifs is 1. The number of para-hydroxylation sites is 1. The second-order valence-electron chi connectivity index (χ2n) is 7.24. The topological polar surface area (TPSA) is 122 Å². The Labute approximate surface area is 189 Å². The highest BCUT2D eigenvalue weighted by Crippen LogP contribution is 2.23. The molecule has 0 aliphatic heterocycles. The molecule has 10 heteroatoms. The Morgan fingerprint density at radius 1 is 1.06 bits per heavy atom. The minimum Gasteiger partial charge on any atom is -0.368 e. The van der Waals surface area contributed by atoms with Gasteiger partial charge in [-0.2, -0.15) is 0 Å². The Balaban J connectivity index is 1.79. The van der Waals surface area contributed by atoms with Gasteiger partial charge >= 0.3 is 6.03 Å². The van der Waals surface area contributed by atoms with E-state index in [0.717, 1.165) is 5.39 Å². The Bertz CT molecular complexity index is 1100. The van der Waals surface area contributed by atoms with E-state index in [0.29, 0.717) is 32.9 Å². The summed E-state index contributed by atoms with van der Waals surface area (Å²) in [6.07, 6.45) is 0. The lowest BCUT2D eigenvalue weighted by molar-refractivity contribution is -0.119. The van der Waals surface area contributed by atoms with Crippen molar-refractivity contribution in [3.05, 3.63) is 58.3 Å². The number of nitrogens with zero attached hydrogens (tertiary/aromatic N) is 2. The second kappa shape index (κ2) is 9.80. The van der Waals surface area contributed by atoms with Crippen molar-refractivity contribution >= 4 is 57.5 Å². The number of halogens is 2. The lowest BCUT2D eigenvalue weighted by atomic mass is 10.0. The molecule has 0 bridgehead atoms. The van der Waals surface area contributed by atoms with Crippen LogP contribution >= 0.6 is 23.2 Å². The number of primary amides is 1. The molecule has 0 radical (unpaired) electrons. The summed E-state index contributed by atoms with van der Waals surface area (Å²) in [4.78, 5) is 33.1. The lowest BCUT2D eigenvalue weighted by Gasteiger charge is -2.21. The Morgan fingerprint density at radius 2 is 1.74 bits per heavy atom. The summed E-state index contributed by atoms with van der Waals surface area (Å²) in [6, 6.07) is 11.0. The molecule has 0 spiro atoms. The van der Waals surface area contributed by atoms with Crippen molar-refractivity contribution < 1.29 is 9.59 Å². The predicted molar refractivity (Wildman–Crippen MR) is 123 cm³/mol. The average Bonchev–Trinajstić information content (AvgIpc) is 2.69. The molecule has 2 aromatic carbocycles. The summed E-state index contributed by atoms with van der Waals surface area (Å²) in [5, 5.41) is 10.0. The van der Waals surface area contributed by atoms with Crippen LogP contribution in [0, 0.1) is 5.92 Å². The van der Waals surface area contributed by atoms with Crippen LogP contribution in [0.5, 0.6) is 0 Å². The maximum atomic E-state index is 12.3. The standard InChI is InChI=1S/C21H22Cl2N6O2/c1-11(2)18(19(24)30)29-20-15-5-3-4-6-16(15)27-17(28-20)10-25-21(31)26-14-8-12(22)7-13(23)9-14/h3-9,11,18H,10H2,1-2H3,(H2,24,30)(H2,25,26,31)(H,27,28,29)/t18-/m0/s1. The van der Waals surface area contributed by atoms with Gasteiger partial charge in [-0.3, -0.25) is 4.79 Å². The number of rotatable bonds is 7. The first-order valence-electron chi connectivity index (χ1n) is 9.55. The van der Waals surface area contributed by atoms with Gasteiger partial charge in [-0.25, -0.2) is 14.8 Å². The average molecular weight is 461 g/mol. The van der Waals surface area contributed by atoms with E-state index in [1.807, 2.05) is 38.1 Å². The molecule has 5 N–H and O–H groups in total.